The quantitative estimate of drug-likeness (QED) is 0.360. The lowest BCUT2D eigenvalue weighted by Crippen LogP contribution is -2.44. The minimum Gasteiger partial charge on any atom is -0.375 e. The highest BCUT2D eigenvalue weighted by Crippen LogP contribution is 2.25. The van der Waals surface area contributed by atoms with Gasteiger partial charge in [0.2, 0.25) is 0 Å². The van der Waals surface area contributed by atoms with Crippen molar-refractivity contribution in [1.29, 1.82) is 0 Å². The molecule has 0 unspecified atom stereocenters. The Morgan fingerprint density at radius 1 is 1.45 bits per heavy atom. The molecule has 1 aliphatic rings. The van der Waals surface area contributed by atoms with E-state index in [1.165, 1.54) is 18.3 Å². The Balaban J connectivity index is 2.28. The number of piperazine rings is 1. The third-order valence-electron chi connectivity index (χ3n) is 3.44. The molecule has 2 rings (SSSR count). The summed E-state index contributed by atoms with van der Waals surface area (Å²) < 4.78 is 0. The van der Waals surface area contributed by atoms with Crippen molar-refractivity contribution in [1.82, 2.24) is 10.3 Å². The molecule has 3 N–H and O–H groups in total. The molecular formula is C13H18N6O2S. The Kier molecular flexibility index (Phi) is 5.23. The van der Waals surface area contributed by atoms with Gasteiger partial charge in [0.1, 0.15) is 0 Å². The van der Waals surface area contributed by atoms with Crippen LogP contribution in [0.5, 0.6) is 0 Å². The molecule has 9 heteroatoms. The average molecular weight is 322 g/mol. The summed E-state index contributed by atoms with van der Waals surface area (Å²) in [5, 5.41) is 14.9. The maximum Gasteiger partial charge on any atom is 0.270 e. The Labute approximate surface area is 133 Å². The van der Waals surface area contributed by atoms with Gasteiger partial charge in [-0.3, -0.25) is 15.5 Å². The van der Waals surface area contributed by atoms with Gasteiger partial charge in [-0.05, 0) is 25.3 Å². The van der Waals surface area contributed by atoms with Gasteiger partial charge < -0.3 is 15.5 Å². The fourth-order valence-corrected chi connectivity index (χ4v) is 2.31. The van der Waals surface area contributed by atoms with Crippen LogP contribution in [0.2, 0.25) is 0 Å². The van der Waals surface area contributed by atoms with Gasteiger partial charge in [0.05, 0.1) is 11.1 Å². The van der Waals surface area contributed by atoms with Crippen molar-refractivity contribution in [3.63, 3.8) is 0 Å². The molecule has 1 heterocycles. The predicted molar refractivity (Wildman–Crippen MR) is 90.3 cm³/mol. The van der Waals surface area contributed by atoms with Crippen molar-refractivity contribution in [2.24, 2.45) is 10.8 Å². The van der Waals surface area contributed by atoms with E-state index in [1.54, 1.807) is 6.07 Å². The largest absolute Gasteiger partial charge is 0.375 e. The zero-order chi connectivity index (χ0) is 16.1. The second kappa shape index (κ2) is 7.14. The number of thiocarbonyl (C=S) groups is 1. The van der Waals surface area contributed by atoms with Crippen LogP contribution >= 0.6 is 12.2 Å². The summed E-state index contributed by atoms with van der Waals surface area (Å²) in [7, 11) is 2.07. The highest BCUT2D eigenvalue weighted by Gasteiger charge is 2.18. The lowest BCUT2D eigenvalue weighted by atomic mass is 10.1. The second-order valence-corrected chi connectivity index (χ2v) is 5.46. The van der Waals surface area contributed by atoms with Crippen molar-refractivity contribution in [3.8, 4) is 0 Å². The maximum absolute atomic E-state index is 11.0. The molecule has 0 aromatic heterocycles. The topological polar surface area (TPSA) is 100 Å². The van der Waals surface area contributed by atoms with Crippen molar-refractivity contribution < 1.29 is 4.92 Å². The lowest BCUT2D eigenvalue weighted by molar-refractivity contribution is -0.384. The first-order chi connectivity index (χ1) is 10.5. The maximum atomic E-state index is 11.0. The van der Waals surface area contributed by atoms with E-state index in [0.29, 0.717) is 5.56 Å². The van der Waals surface area contributed by atoms with E-state index in [1.807, 2.05) is 0 Å². The van der Waals surface area contributed by atoms with Gasteiger partial charge in [-0.25, -0.2) is 0 Å². The molecule has 0 saturated carbocycles. The first-order valence-electron chi connectivity index (χ1n) is 6.78. The SMILES string of the molecule is CN1CCN(c2ccc([N+](=O)[O-])cc2/C=N/NC(N)=S)CC1. The standard InChI is InChI=1S/C13H18N6O2S/c1-17-4-6-18(7-5-17)12-3-2-11(19(20)21)8-10(12)9-15-16-13(14)22/h2-3,8-9H,4-7H2,1H3,(H3,14,16,22)/b15-9+. The van der Waals surface area contributed by atoms with Crippen molar-refractivity contribution >= 4 is 34.9 Å². The Hall–Kier alpha value is -2.26. The van der Waals surface area contributed by atoms with E-state index >= 15 is 0 Å². The smallest absolute Gasteiger partial charge is 0.270 e. The molecule has 0 spiro atoms. The first kappa shape index (κ1) is 16.1. The number of anilines is 1. The number of nitro groups is 1. The van der Waals surface area contributed by atoms with Crippen LogP contribution in [-0.4, -0.2) is 54.4 Å². The Morgan fingerprint density at radius 3 is 2.73 bits per heavy atom. The van der Waals surface area contributed by atoms with Crippen LogP contribution in [0.1, 0.15) is 5.56 Å². The van der Waals surface area contributed by atoms with Crippen LogP contribution in [0.25, 0.3) is 0 Å². The summed E-state index contributed by atoms with van der Waals surface area (Å²) in [5.41, 5.74) is 9.36. The monoisotopic (exact) mass is 322 g/mol. The van der Waals surface area contributed by atoms with Crippen LogP contribution in [0.15, 0.2) is 23.3 Å². The predicted octanol–water partition coefficient (Wildman–Crippen LogP) is 0.514. The summed E-state index contributed by atoms with van der Waals surface area (Å²) >= 11 is 4.68. The molecule has 0 atom stereocenters. The van der Waals surface area contributed by atoms with Gasteiger partial charge in [-0.1, -0.05) is 0 Å². The number of nitrogens with zero attached hydrogens (tertiary/aromatic N) is 4. The number of benzene rings is 1. The van der Waals surface area contributed by atoms with Gasteiger partial charge in [-0.2, -0.15) is 5.10 Å². The zero-order valence-corrected chi connectivity index (χ0v) is 13.0. The lowest BCUT2D eigenvalue weighted by Gasteiger charge is -2.34. The van der Waals surface area contributed by atoms with Crippen molar-refractivity contribution in [3.05, 3.63) is 33.9 Å². The van der Waals surface area contributed by atoms with Gasteiger partial charge in [0.25, 0.3) is 5.69 Å². The molecule has 0 bridgehead atoms. The first-order valence-corrected chi connectivity index (χ1v) is 7.18. The third-order valence-corrected chi connectivity index (χ3v) is 3.54. The molecule has 0 radical (unpaired) electrons. The third kappa shape index (κ3) is 4.12. The van der Waals surface area contributed by atoms with Gasteiger partial charge in [-0.15, -0.1) is 0 Å². The zero-order valence-electron chi connectivity index (χ0n) is 12.2. The molecule has 1 fully saturated rings. The van der Waals surface area contributed by atoms with E-state index in [-0.39, 0.29) is 10.8 Å². The average Bonchev–Trinajstić information content (AvgIpc) is 2.47. The van der Waals surface area contributed by atoms with Gasteiger partial charge in [0.15, 0.2) is 5.11 Å². The van der Waals surface area contributed by atoms with Crippen LogP contribution in [-0.2, 0) is 0 Å². The molecule has 1 saturated heterocycles. The van der Waals surface area contributed by atoms with E-state index < -0.39 is 4.92 Å². The number of nitrogens with one attached hydrogen (secondary N) is 1. The van der Waals surface area contributed by atoms with Crippen molar-refractivity contribution in [2.75, 3.05) is 38.1 Å². The summed E-state index contributed by atoms with van der Waals surface area (Å²) in [6.45, 7) is 3.60. The van der Waals surface area contributed by atoms with Crippen LogP contribution in [0.4, 0.5) is 11.4 Å². The summed E-state index contributed by atoms with van der Waals surface area (Å²) in [6, 6.07) is 4.76. The number of nitro benzene ring substituents is 1. The molecular weight excluding hydrogens is 304 g/mol. The van der Waals surface area contributed by atoms with Crippen molar-refractivity contribution in [2.45, 2.75) is 0 Å². The van der Waals surface area contributed by atoms with E-state index in [4.69, 9.17) is 5.73 Å². The fourth-order valence-electron chi connectivity index (χ4n) is 2.26. The van der Waals surface area contributed by atoms with E-state index in [9.17, 15) is 10.1 Å². The molecule has 0 aliphatic carbocycles. The fraction of sp³-hybridized carbons (Fsp3) is 0.385. The Morgan fingerprint density at radius 2 is 2.14 bits per heavy atom. The van der Waals surface area contributed by atoms with Gasteiger partial charge >= 0.3 is 0 Å². The number of hydrazone groups is 1. The number of likely N-dealkylation sites (N-methyl/N-ethyl adjacent to an activating group) is 1. The molecule has 1 aromatic carbocycles. The molecule has 22 heavy (non-hydrogen) atoms. The Bertz CT molecular complexity index is 598. The van der Waals surface area contributed by atoms with E-state index in [0.717, 1.165) is 31.9 Å². The number of non-ortho nitro benzene ring substituents is 1. The molecule has 1 aromatic rings. The summed E-state index contributed by atoms with van der Waals surface area (Å²) in [4.78, 5) is 15.0. The molecule has 1 aliphatic heterocycles. The molecule has 8 nitrogen and oxygen atoms in total. The highest BCUT2D eigenvalue weighted by atomic mass is 32.1. The number of hydrogen-bond acceptors (Lipinski definition) is 6. The van der Waals surface area contributed by atoms with E-state index in [2.05, 4.69) is 39.6 Å². The number of rotatable bonds is 4. The summed E-state index contributed by atoms with van der Waals surface area (Å²) in [5.74, 6) is 0. The minimum atomic E-state index is -0.425. The van der Waals surface area contributed by atoms with Gasteiger partial charge in [0, 0.05) is 49.6 Å². The van der Waals surface area contributed by atoms with Crippen LogP contribution in [0, 0.1) is 10.1 Å². The number of nitrogens with two attached hydrogens (primary N) is 1. The van der Waals surface area contributed by atoms with Crippen LogP contribution < -0.4 is 16.1 Å². The highest BCUT2D eigenvalue weighted by molar-refractivity contribution is 7.80. The van der Waals surface area contributed by atoms with Crippen LogP contribution in [0.3, 0.4) is 0 Å². The molecule has 118 valence electrons. The minimum absolute atomic E-state index is 0.0228. The summed E-state index contributed by atoms with van der Waals surface area (Å²) in [6.07, 6.45) is 1.50. The number of hydrogen-bond donors (Lipinski definition) is 2. The molecule has 0 amide bonds. The normalized spacial score (nSPS) is 16.0. The second-order valence-electron chi connectivity index (χ2n) is 5.02.